The van der Waals surface area contributed by atoms with Crippen molar-refractivity contribution in [3.8, 4) is 11.5 Å². The number of imide groups is 1. The maximum Gasteiger partial charge on any atom is 0.293 e. The number of ether oxygens (including phenoxy) is 2. The highest BCUT2D eigenvalue weighted by Gasteiger charge is 2.35. The van der Waals surface area contributed by atoms with Crippen molar-refractivity contribution in [3.05, 3.63) is 68.4 Å². The van der Waals surface area contributed by atoms with Crippen LogP contribution in [0.2, 0.25) is 0 Å². The number of nitrogens with zero attached hydrogens (tertiary/aromatic N) is 2. The summed E-state index contributed by atoms with van der Waals surface area (Å²) in [6, 6.07) is 8.11. The van der Waals surface area contributed by atoms with Crippen LogP contribution in [0.25, 0.3) is 6.08 Å². The molecule has 1 N–H and O–H groups in total. The third kappa shape index (κ3) is 5.34. The van der Waals surface area contributed by atoms with Crippen molar-refractivity contribution >= 4 is 40.6 Å². The van der Waals surface area contributed by atoms with Crippen LogP contribution in [0.15, 0.2) is 41.3 Å². The summed E-state index contributed by atoms with van der Waals surface area (Å²) in [4.78, 5) is 49.1. The van der Waals surface area contributed by atoms with Gasteiger partial charge in [0.15, 0.2) is 11.5 Å². The van der Waals surface area contributed by atoms with Crippen LogP contribution in [-0.4, -0.2) is 53.7 Å². The molecule has 0 bridgehead atoms. The predicted molar refractivity (Wildman–Crippen MR) is 122 cm³/mol. The minimum atomic E-state index is -0.788. The third-order valence-electron chi connectivity index (χ3n) is 4.71. The second kappa shape index (κ2) is 10.8. The van der Waals surface area contributed by atoms with Crippen molar-refractivity contribution in [2.24, 2.45) is 0 Å². The number of amides is 3. The van der Waals surface area contributed by atoms with Crippen molar-refractivity contribution < 1.29 is 33.2 Å². The van der Waals surface area contributed by atoms with Gasteiger partial charge in [-0.1, -0.05) is 18.2 Å². The number of halogens is 1. The summed E-state index contributed by atoms with van der Waals surface area (Å²) in [5, 5.41) is 13.3. The number of nitro benzene ring substituents is 1. The average Bonchev–Trinajstić information content (AvgIpc) is 3.07. The average molecular weight is 489 g/mol. The number of hydrogen-bond donors (Lipinski definition) is 1. The van der Waals surface area contributed by atoms with E-state index in [0.29, 0.717) is 11.8 Å². The van der Waals surface area contributed by atoms with Crippen molar-refractivity contribution in [1.82, 2.24) is 10.2 Å². The molecule has 1 fully saturated rings. The molecule has 1 heterocycles. The van der Waals surface area contributed by atoms with Gasteiger partial charge in [0.2, 0.25) is 0 Å². The minimum Gasteiger partial charge on any atom is -0.493 e. The first-order valence-electron chi connectivity index (χ1n) is 10.0. The van der Waals surface area contributed by atoms with Gasteiger partial charge in [-0.3, -0.25) is 29.4 Å². The Hall–Kier alpha value is -3.93. The second-order valence-corrected chi connectivity index (χ2v) is 7.81. The number of thioether (sulfide) groups is 1. The Balaban J connectivity index is 1.71. The van der Waals surface area contributed by atoms with Crippen LogP contribution >= 0.6 is 11.8 Å². The number of methoxy groups -OCH3 is 1. The highest BCUT2D eigenvalue weighted by molar-refractivity contribution is 8.18. The molecule has 0 aromatic heterocycles. The minimum absolute atomic E-state index is 0.0496. The fourth-order valence-electron chi connectivity index (χ4n) is 3.11. The number of hydrogen-bond acceptors (Lipinski definition) is 8. The topological polar surface area (TPSA) is 128 Å². The molecule has 3 amide bonds. The van der Waals surface area contributed by atoms with E-state index in [2.05, 4.69) is 5.32 Å². The Kier molecular flexibility index (Phi) is 7.84. The molecule has 1 saturated heterocycles. The van der Waals surface area contributed by atoms with Crippen LogP contribution in [0.5, 0.6) is 11.5 Å². The third-order valence-corrected chi connectivity index (χ3v) is 5.62. The van der Waals surface area contributed by atoms with E-state index in [-0.39, 0.29) is 47.2 Å². The lowest BCUT2D eigenvalue weighted by Crippen LogP contribution is -2.37. The molecule has 10 nitrogen and oxygen atoms in total. The molecule has 34 heavy (non-hydrogen) atoms. The number of carbonyl (C=O) groups is 3. The van der Waals surface area contributed by atoms with Crippen molar-refractivity contribution in [2.45, 2.75) is 6.92 Å². The summed E-state index contributed by atoms with van der Waals surface area (Å²) in [5.74, 6) is -1.69. The molecule has 12 heteroatoms. The first-order chi connectivity index (χ1) is 16.3. The number of carbonyl (C=O) groups excluding carboxylic acids is 3. The van der Waals surface area contributed by atoms with Gasteiger partial charge in [-0.05, 0) is 30.8 Å². The van der Waals surface area contributed by atoms with Gasteiger partial charge in [0, 0.05) is 24.7 Å². The van der Waals surface area contributed by atoms with Gasteiger partial charge in [-0.2, -0.15) is 0 Å². The quantitative estimate of drug-likeness (QED) is 0.321. The van der Waals surface area contributed by atoms with Gasteiger partial charge in [-0.25, -0.2) is 4.39 Å². The molecule has 2 aromatic carbocycles. The molecule has 0 unspecified atom stereocenters. The monoisotopic (exact) mass is 489 g/mol. The van der Waals surface area contributed by atoms with Gasteiger partial charge >= 0.3 is 0 Å². The van der Waals surface area contributed by atoms with E-state index < -0.39 is 33.5 Å². The van der Waals surface area contributed by atoms with Crippen molar-refractivity contribution in [1.29, 1.82) is 0 Å². The molecule has 0 saturated carbocycles. The molecule has 2 aromatic rings. The van der Waals surface area contributed by atoms with Crippen LogP contribution in [0.1, 0.15) is 22.8 Å². The standard InChI is InChI=1S/C22H20FN3O7S/c1-3-33-18-11-14(16(26(30)31)12-17(18)32-2)20(27)24-8-9-25-21(28)19(34-22(25)29)10-13-6-4-5-7-15(13)23/h4-7,10-12H,3,8-9H2,1-2H3,(H,24,27)/b19-10-. The van der Waals surface area contributed by atoms with Crippen molar-refractivity contribution in [3.63, 3.8) is 0 Å². The molecule has 3 rings (SSSR count). The Morgan fingerprint density at radius 2 is 2.00 bits per heavy atom. The lowest BCUT2D eigenvalue weighted by Gasteiger charge is -2.14. The lowest BCUT2D eigenvalue weighted by atomic mass is 10.1. The molecule has 0 atom stereocenters. The van der Waals surface area contributed by atoms with Gasteiger partial charge in [0.05, 0.1) is 29.6 Å². The zero-order valence-corrected chi connectivity index (χ0v) is 19.0. The number of benzene rings is 2. The molecule has 0 radical (unpaired) electrons. The molecule has 1 aliphatic heterocycles. The molecule has 1 aliphatic rings. The number of nitrogens with one attached hydrogen (secondary N) is 1. The van der Waals surface area contributed by atoms with E-state index in [1.165, 1.54) is 37.5 Å². The second-order valence-electron chi connectivity index (χ2n) is 6.82. The lowest BCUT2D eigenvalue weighted by molar-refractivity contribution is -0.385. The Labute approximate surface area is 197 Å². The SMILES string of the molecule is CCOc1cc(C(=O)NCCN2C(=O)S/C(=C\c3ccccc3F)C2=O)c([N+](=O)[O-])cc1OC. The smallest absolute Gasteiger partial charge is 0.293 e. The van der Waals surface area contributed by atoms with Gasteiger partial charge < -0.3 is 14.8 Å². The first-order valence-corrected chi connectivity index (χ1v) is 10.9. The van der Waals surface area contributed by atoms with Gasteiger partial charge in [-0.15, -0.1) is 0 Å². The van der Waals surface area contributed by atoms with Crippen LogP contribution in [0.3, 0.4) is 0 Å². The highest BCUT2D eigenvalue weighted by atomic mass is 32.2. The Morgan fingerprint density at radius 1 is 1.26 bits per heavy atom. The first kappa shape index (κ1) is 24.7. The van der Waals surface area contributed by atoms with Crippen LogP contribution < -0.4 is 14.8 Å². The normalized spacial score (nSPS) is 14.4. The molecular formula is C22H20FN3O7S. The fraction of sp³-hybridized carbons (Fsp3) is 0.227. The van der Waals surface area contributed by atoms with Crippen LogP contribution in [-0.2, 0) is 4.79 Å². The Bertz CT molecular complexity index is 1190. The van der Waals surface area contributed by atoms with Gasteiger partial charge in [0.25, 0.3) is 22.7 Å². The summed E-state index contributed by atoms with van der Waals surface area (Å²) in [6.45, 7) is 1.62. The molecule has 0 spiro atoms. The summed E-state index contributed by atoms with van der Waals surface area (Å²) in [5.41, 5.74) is -0.585. The zero-order valence-electron chi connectivity index (χ0n) is 18.2. The Morgan fingerprint density at radius 3 is 2.65 bits per heavy atom. The zero-order chi connectivity index (χ0) is 24.8. The molecule has 178 valence electrons. The van der Waals surface area contributed by atoms with Crippen LogP contribution in [0, 0.1) is 15.9 Å². The maximum atomic E-state index is 13.9. The van der Waals surface area contributed by atoms with E-state index in [4.69, 9.17) is 9.47 Å². The molecular weight excluding hydrogens is 469 g/mol. The van der Waals surface area contributed by atoms with E-state index in [1.807, 2.05) is 0 Å². The summed E-state index contributed by atoms with van der Waals surface area (Å²) in [7, 11) is 1.32. The van der Waals surface area contributed by atoms with Gasteiger partial charge in [0.1, 0.15) is 11.4 Å². The highest BCUT2D eigenvalue weighted by Crippen LogP contribution is 2.35. The summed E-state index contributed by atoms with van der Waals surface area (Å²) in [6.07, 6.45) is 1.29. The predicted octanol–water partition coefficient (Wildman–Crippen LogP) is 3.61. The van der Waals surface area contributed by atoms with Crippen LogP contribution in [0.4, 0.5) is 14.9 Å². The van der Waals surface area contributed by atoms with E-state index in [0.717, 1.165) is 11.0 Å². The summed E-state index contributed by atoms with van der Waals surface area (Å²) < 4.78 is 24.3. The van der Waals surface area contributed by atoms with E-state index >= 15 is 0 Å². The fourth-order valence-corrected chi connectivity index (χ4v) is 3.97. The van der Waals surface area contributed by atoms with E-state index in [9.17, 15) is 28.9 Å². The van der Waals surface area contributed by atoms with Crippen molar-refractivity contribution in [2.75, 3.05) is 26.8 Å². The molecule has 0 aliphatic carbocycles. The van der Waals surface area contributed by atoms with E-state index in [1.54, 1.807) is 13.0 Å². The number of rotatable bonds is 9. The summed E-state index contributed by atoms with van der Waals surface area (Å²) >= 11 is 0.658. The maximum absolute atomic E-state index is 13.9. The number of nitro groups is 1. The largest absolute Gasteiger partial charge is 0.493 e.